The van der Waals surface area contributed by atoms with Crippen molar-refractivity contribution < 1.29 is 18.7 Å². The second-order valence-corrected chi connectivity index (χ2v) is 6.03. The number of hydrogen-bond acceptors (Lipinski definition) is 3. The first-order valence-corrected chi connectivity index (χ1v) is 7.16. The van der Waals surface area contributed by atoms with Crippen molar-refractivity contribution in [2.75, 3.05) is 13.1 Å². The number of hydrogen-bond donors (Lipinski definition) is 1. The third-order valence-corrected chi connectivity index (χ3v) is 3.98. The van der Waals surface area contributed by atoms with Gasteiger partial charge in [-0.25, -0.2) is 13.8 Å². The molecule has 0 spiro atoms. The Balaban J connectivity index is 1.84. The average molecular weight is 330 g/mol. The number of aromatic nitrogens is 2. The van der Waals surface area contributed by atoms with Crippen molar-refractivity contribution in [2.45, 2.75) is 18.9 Å². The number of imidazole rings is 1. The summed E-state index contributed by atoms with van der Waals surface area (Å²) in [4.78, 5) is 16.7. The van der Waals surface area contributed by atoms with Crippen LogP contribution in [0.4, 0.5) is 8.78 Å². The quantitative estimate of drug-likeness (QED) is 0.940. The monoisotopic (exact) mass is 329 g/mol. The molecule has 0 radical (unpaired) electrons. The minimum absolute atomic E-state index is 0.0960. The minimum atomic E-state index is -3.00. The third-order valence-electron chi connectivity index (χ3n) is 3.76. The van der Waals surface area contributed by atoms with Gasteiger partial charge in [-0.1, -0.05) is 11.6 Å². The normalized spacial score (nSPS) is 22.0. The highest BCUT2D eigenvalue weighted by molar-refractivity contribution is 6.30. The zero-order valence-corrected chi connectivity index (χ0v) is 12.3. The lowest BCUT2D eigenvalue weighted by Crippen LogP contribution is -2.48. The van der Waals surface area contributed by atoms with Crippen LogP contribution in [-0.4, -0.2) is 44.4 Å². The topological polar surface area (TPSA) is 57.8 Å². The largest absolute Gasteiger partial charge is 0.481 e. The van der Waals surface area contributed by atoms with Crippen molar-refractivity contribution in [3.05, 3.63) is 35.2 Å². The highest BCUT2D eigenvalue weighted by Crippen LogP contribution is 2.31. The van der Waals surface area contributed by atoms with Gasteiger partial charge in [0.25, 0.3) is 5.92 Å². The number of alkyl halides is 2. The van der Waals surface area contributed by atoms with E-state index in [0.29, 0.717) is 16.4 Å². The van der Waals surface area contributed by atoms with Crippen molar-refractivity contribution >= 4 is 23.2 Å². The number of carboxylic acid groups (broad SMARTS) is 1. The van der Waals surface area contributed by atoms with E-state index in [0.717, 1.165) is 0 Å². The summed E-state index contributed by atoms with van der Waals surface area (Å²) in [6.45, 7) is -0.163. The number of nitrogens with zero attached hydrogens (tertiary/aromatic N) is 3. The number of aliphatic carboxylic acids is 1. The maximum absolute atomic E-state index is 13.7. The van der Waals surface area contributed by atoms with Gasteiger partial charge in [0.1, 0.15) is 5.65 Å². The van der Waals surface area contributed by atoms with Crippen LogP contribution in [0.5, 0.6) is 0 Å². The molecule has 5 nitrogen and oxygen atoms in total. The molecule has 118 valence electrons. The molecule has 1 aliphatic heterocycles. The van der Waals surface area contributed by atoms with Gasteiger partial charge in [-0.05, 0) is 12.1 Å². The molecule has 0 aliphatic carbocycles. The summed E-state index contributed by atoms with van der Waals surface area (Å²) in [6, 6.07) is 3.43. The van der Waals surface area contributed by atoms with E-state index >= 15 is 0 Å². The van der Waals surface area contributed by atoms with Gasteiger partial charge >= 0.3 is 5.97 Å². The molecule has 3 heterocycles. The van der Waals surface area contributed by atoms with Crippen LogP contribution in [-0.2, 0) is 11.3 Å². The SMILES string of the molecule is O=C(O)C1CN(Cc2cnc3ccc(Cl)cn23)CC(F)(F)C1. The molecule has 1 fully saturated rings. The number of rotatable bonds is 3. The standard InChI is InChI=1S/C14H14ClF2N3O2/c15-10-1-2-12-18-4-11(20(12)6-10)7-19-5-9(13(21)22)3-14(16,17)8-19/h1-2,4,6,9H,3,5,7-8H2,(H,21,22). The maximum atomic E-state index is 13.7. The summed E-state index contributed by atoms with van der Waals surface area (Å²) < 4.78 is 29.2. The summed E-state index contributed by atoms with van der Waals surface area (Å²) in [5.41, 5.74) is 1.36. The second kappa shape index (κ2) is 5.48. The smallest absolute Gasteiger partial charge is 0.308 e. The molecule has 1 atom stereocenters. The Hall–Kier alpha value is -1.73. The highest BCUT2D eigenvalue weighted by atomic mass is 35.5. The summed E-state index contributed by atoms with van der Waals surface area (Å²) in [7, 11) is 0. The molecule has 0 amide bonds. The minimum Gasteiger partial charge on any atom is -0.481 e. The molecule has 1 unspecified atom stereocenters. The molecule has 8 heteroatoms. The number of fused-ring (bicyclic) bond motifs is 1. The lowest BCUT2D eigenvalue weighted by atomic mass is 9.95. The predicted octanol–water partition coefficient (Wildman–Crippen LogP) is 2.53. The fourth-order valence-electron chi connectivity index (χ4n) is 2.83. The van der Waals surface area contributed by atoms with Crippen molar-refractivity contribution in [2.24, 2.45) is 5.92 Å². The molecule has 3 rings (SSSR count). The van der Waals surface area contributed by atoms with Crippen LogP contribution in [0.2, 0.25) is 5.02 Å². The van der Waals surface area contributed by atoms with Crippen LogP contribution in [0.15, 0.2) is 24.5 Å². The molecule has 1 saturated heterocycles. The molecule has 1 N–H and O–H groups in total. The van der Waals surface area contributed by atoms with E-state index in [9.17, 15) is 13.6 Å². The number of carbonyl (C=O) groups is 1. The van der Waals surface area contributed by atoms with Crippen molar-refractivity contribution in [1.82, 2.24) is 14.3 Å². The van der Waals surface area contributed by atoms with Crippen LogP contribution in [0.25, 0.3) is 5.65 Å². The second-order valence-electron chi connectivity index (χ2n) is 5.59. The number of halogens is 3. The van der Waals surface area contributed by atoms with Gasteiger partial charge in [0, 0.05) is 25.7 Å². The summed E-state index contributed by atoms with van der Waals surface area (Å²) >= 11 is 5.94. The summed E-state index contributed by atoms with van der Waals surface area (Å²) in [5.74, 6) is -5.25. The van der Waals surface area contributed by atoms with E-state index in [1.807, 2.05) is 0 Å². The molecular weight excluding hydrogens is 316 g/mol. The van der Waals surface area contributed by atoms with Gasteiger partial charge in [-0.3, -0.25) is 9.69 Å². The van der Waals surface area contributed by atoms with Gasteiger partial charge < -0.3 is 9.51 Å². The number of likely N-dealkylation sites (tertiary alicyclic amines) is 1. The van der Waals surface area contributed by atoms with Crippen LogP contribution in [0, 0.1) is 5.92 Å². The van der Waals surface area contributed by atoms with Crippen LogP contribution in [0.1, 0.15) is 12.1 Å². The zero-order chi connectivity index (χ0) is 15.9. The fourth-order valence-corrected chi connectivity index (χ4v) is 2.99. The van der Waals surface area contributed by atoms with E-state index in [2.05, 4.69) is 4.98 Å². The van der Waals surface area contributed by atoms with E-state index in [1.54, 1.807) is 28.9 Å². The third kappa shape index (κ3) is 3.05. The van der Waals surface area contributed by atoms with Crippen molar-refractivity contribution in [3.8, 4) is 0 Å². The lowest BCUT2D eigenvalue weighted by Gasteiger charge is -2.35. The Kier molecular flexibility index (Phi) is 3.78. The average Bonchev–Trinajstić information content (AvgIpc) is 2.79. The predicted molar refractivity (Wildman–Crippen MR) is 76.2 cm³/mol. The van der Waals surface area contributed by atoms with Gasteiger partial charge in [0.15, 0.2) is 0 Å². The van der Waals surface area contributed by atoms with Gasteiger partial charge in [0.05, 0.1) is 29.4 Å². The Labute approximate surface area is 130 Å². The van der Waals surface area contributed by atoms with Crippen LogP contribution >= 0.6 is 11.6 Å². The summed E-state index contributed by atoms with van der Waals surface area (Å²) in [5, 5.41) is 9.54. The van der Waals surface area contributed by atoms with Crippen molar-refractivity contribution in [1.29, 1.82) is 0 Å². The molecule has 0 bridgehead atoms. The lowest BCUT2D eigenvalue weighted by molar-refractivity contribution is -0.153. The Morgan fingerprint density at radius 1 is 1.50 bits per heavy atom. The number of carboxylic acids is 1. The molecule has 1 aliphatic rings. The molecule has 2 aromatic rings. The zero-order valence-electron chi connectivity index (χ0n) is 11.5. The van der Waals surface area contributed by atoms with Crippen molar-refractivity contribution in [3.63, 3.8) is 0 Å². The first-order valence-electron chi connectivity index (χ1n) is 6.78. The van der Waals surface area contributed by atoms with E-state index < -0.39 is 30.8 Å². The summed E-state index contributed by atoms with van der Waals surface area (Å²) in [6.07, 6.45) is 2.64. The van der Waals surface area contributed by atoms with E-state index in [4.69, 9.17) is 16.7 Å². The highest BCUT2D eigenvalue weighted by Gasteiger charge is 2.43. The molecule has 0 saturated carbocycles. The van der Waals surface area contributed by atoms with E-state index in [1.165, 1.54) is 4.90 Å². The van der Waals surface area contributed by atoms with Gasteiger partial charge in [-0.15, -0.1) is 0 Å². The number of pyridine rings is 1. The number of piperidine rings is 1. The Morgan fingerprint density at radius 3 is 3.00 bits per heavy atom. The fraction of sp³-hybridized carbons (Fsp3) is 0.429. The Bertz CT molecular complexity index is 719. The van der Waals surface area contributed by atoms with Gasteiger partial charge in [-0.2, -0.15) is 0 Å². The molecule has 0 aromatic carbocycles. The molecule has 22 heavy (non-hydrogen) atoms. The van der Waals surface area contributed by atoms with Crippen LogP contribution < -0.4 is 0 Å². The Morgan fingerprint density at radius 2 is 2.27 bits per heavy atom. The van der Waals surface area contributed by atoms with Gasteiger partial charge in [0.2, 0.25) is 0 Å². The van der Waals surface area contributed by atoms with E-state index in [-0.39, 0.29) is 13.1 Å². The molecule has 2 aromatic heterocycles. The van der Waals surface area contributed by atoms with Crippen LogP contribution in [0.3, 0.4) is 0 Å². The first-order chi connectivity index (χ1) is 10.3. The first kappa shape index (κ1) is 15.2. The maximum Gasteiger partial charge on any atom is 0.308 e. The molecular formula is C14H14ClF2N3O2.